The molecule has 3 rings (SSSR count). The number of carbonyl (C=O) groups is 1. The molecule has 0 saturated heterocycles. The minimum absolute atomic E-state index is 0.0701. The van der Waals surface area contributed by atoms with Gasteiger partial charge in [0.25, 0.3) is 5.91 Å². The molecular formula is C17H17FN2O. The summed E-state index contributed by atoms with van der Waals surface area (Å²) in [6.45, 7) is 2.77. The molecule has 4 heteroatoms. The van der Waals surface area contributed by atoms with E-state index in [1.54, 1.807) is 12.1 Å². The van der Waals surface area contributed by atoms with Gasteiger partial charge < -0.3 is 10.6 Å². The molecule has 0 radical (unpaired) electrons. The van der Waals surface area contributed by atoms with E-state index >= 15 is 0 Å². The molecule has 3 nitrogen and oxygen atoms in total. The summed E-state index contributed by atoms with van der Waals surface area (Å²) in [6.07, 6.45) is 2.16. The molecule has 21 heavy (non-hydrogen) atoms. The summed E-state index contributed by atoms with van der Waals surface area (Å²) in [6, 6.07) is 10.3. The maximum absolute atomic E-state index is 13.7. The topological polar surface area (TPSA) is 41.1 Å². The van der Waals surface area contributed by atoms with E-state index < -0.39 is 11.7 Å². The number of hydrogen-bond donors (Lipinski definition) is 2. The van der Waals surface area contributed by atoms with Crippen LogP contribution in [0.4, 0.5) is 15.8 Å². The van der Waals surface area contributed by atoms with Gasteiger partial charge in [0, 0.05) is 17.9 Å². The predicted molar refractivity (Wildman–Crippen MR) is 82.3 cm³/mol. The molecule has 2 aromatic rings. The van der Waals surface area contributed by atoms with Gasteiger partial charge in [0.2, 0.25) is 0 Å². The zero-order valence-electron chi connectivity index (χ0n) is 11.9. The summed E-state index contributed by atoms with van der Waals surface area (Å²) < 4.78 is 13.7. The minimum Gasteiger partial charge on any atom is -0.385 e. The number of amides is 1. The van der Waals surface area contributed by atoms with Crippen LogP contribution in [-0.4, -0.2) is 12.5 Å². The monoisotopic (exact) mass is 284 g/mol. The molecule has 2 aromatic carbocycles. The van der Waals surface area contributed by atoms with Crippen LogP contribution in [0, 0.1) is 12.7 Å². The molecular weight excluding hydrogens is 267 g/mol. The number of hydrogen-bond acceptors (Lipinski definition) is 2. The van der Waals surface area contributed by atoms with Crippen molar-refractivity contribution in [2.75, 3.05) is 17.2 Å². The van der Waals surface area contributed by atoms with Crippen LogP contribution in [0.1, 0.15) is 27.9 Å². The number of nitrogens with one attached hydrogen (secondary N) is 2. The third kappa shape index (κ3) is 2.89. The van der Waals surface area contributed by atoms with Crippen LogP contribution in [0.5, 0.6) is 0 Å². The molecule has 0 bridgehead atoms. The molecule has 0 fully saturated rings. The van der Waals surface area contributed by atoms with E-state index in [0.717, 1.165) is 30.6 Å². The lowest BCUT2D eigenvalue weighted by Gasteiger charge is -2.19. The smallest absolute Gasteiger partial charge is 0.258 e. The number of benzene rings is 2. The van der Waals surface area contributed by atoms with Crippen molar-refractivity contribution < 1.29 is 9.18 Å². The first-order valence-electron chi connectivity index (χ1n) is 7.08. The second-order valence-electron chi connectivity index (χ2n) is 5.34. The molecule has 0 unspecified atom stereocenters. The number of carbonyl (C=O) groups excluding carboxylic acids is 1. The third-order valence-electron chi connectivity index (χ3n) is 3.67. The van der Waals surface area contributed by atoms with Crippen LogP contribution >= 0.6 is 0 Å². The summed E-state index contributed by atoms with van der Waals surface area (Å²) in [4.78, 5) is 12.2. The summed E-state index contributed by atoms with van der Waals surface area (Å²) in [5, 5.41) is 6.07. The van der Waals surface area contributed by atoms with E-state index in [1.807, 2.05) is 25.1 Å². The van der Waals surface area contributed by atoms with Gasteiger partial charge in [-0.3, -0.25) is 4.79 Å². The lowest BCUT2D eigenvalue weighted by Crippen LogP contribution is -2.16. The number of rotatable bonds is 2. The summed E-state index contributed by atoms with van der Waals surface area (Å²) in [5.74, 6) is -0.929. The van der Waals surface area contributed by atoms with Crippen molar-refractivity contribution in [2.45, 2.75) is 19.8 Å². The van der Waals surface area contributed by atoms with Crippen molar-refractivity contribution in [1.82, 2.24) is 0 Å². The first-order chi connectivity index (χ1) is 10.1. The SMILES string of the molecule is Cc1ccc(F)c(C(=O)Nc2ccc3c(c2)NCCC3)c1. The van der Waals surface area contributed by atoms with Crippen molar-refractivity contribution in [3.8, 4) is 0 Å². The quantitative estimate of drug-likeness (QED) is 0.882. The molecule has 0 spiro atoms. The Bertz CT molecular complexity index is 697. The first-order valence-corrected chi connectivity index (χ1v) is 7.08. The molecule has 0 aliphatic carbocycles. The van der Waals surface area contributed by atoms with Gasteiger partial charge in [-0.25, -0.2) is 4.39 Å². The lowest BCUT2D eigenvalue weighted by molar-refractivity contribution is 0.102. The van der Waals surface area contributed by atoms with Crippen LogP contribution in [0.15, 0.2) is 36.4 Å². The molecule has 1 amide bonds. The number of anilines is 2. The van der Waals surface area contributed by atoms with E-state index in [1.165, 1.54) is 11.6 Å². The Labute approximate surface area is 123 Å². The molecule has 108 valence electrons. The van der Waals surface area contributed by atoms with Crippen molar-refractivity contribution >= 4 is 17.3 Å². The van der Waals surface area contributed by atoms with Gasteiger partial charge in [0.05, 0.1) is 5.56 Å². The number of fused-ring (bicyclic) bond motifs is 1. The predicted octanol–water partition coefficient (Wildman–Crippen LogP) is 3.74. The zero-order chi connectivity index (χ0) is 14.8. The van der Waals surface area contributed by atoms with E-state index in [2.05, 4.69) is 10.6 Å². The van der Waals surface area contributed by atoms with Crippen molar-refractivity contribution in [2.24, 2.45) is 0 Å². The van der Waals surface area contributed by atoms with Crippen LogP contribution < -0.4 is 10.6 Å². The normalized spacial score (nSPS) is 13.2. The van der Waals surface area contributed by atoms with Gasteiger partial charge in [-0.05, 0) is 49.6 Å². The van der Waals surface area contributed by atoms with Crippen LogP contribution in [-0.2, 0) is 6.42 Å². The Morgan fingerprint density at radius 2 is 2.10 bits per heavy atom. The maximum Gasteiger partial charge on any atom is 0.258 e. The molecule has 0 atom stereocenters. The Morgan fingerprint density at radius 3 is 2.95 bits per heavy atom. The average molecular weight is 284 g/mol. The van der Waals surface area contributed by atoms with Crippen molar-refractivity contribution in [1.29, 1.82) is 0 Å². The minimum atomic E-state index is -0.505. The Morgan fingerprint density at radius 1 is 1.24 bits per heavy atom. The van der Waals surface area contributed by atoms with Gasteiger partial charge in [-0.2, -0.15) is 0 Å². The molecule has 1 aliphatic rings. The largest absolute Gasteiger partial charge is 0.385 e. The van der Waals surface area contributed by atoms with Crippen LogP contribution in [0.2, 0.25) is 0 Å². The van der Waals surface area contributed by atoms with Gasteiger partial charge in [0.15, 0.2) is 0 Å². The highest BCUT2D eigenvalue weighted by Crippen LogP contribution is 2.25. The summed E-state index contributed by atoms with van der Waals surface area (Å²) in [7, 11) is 0. The molecule has 1 heterocycles. The molecule has 0 saturated carbocycles. The highest BCUT2D eigenvalue weighted by Gasteiger charge is 2.14. The van der Waals surface area contributed by atoms with Crippen LogP contribution in [0.3, 0.4) is 0 Å². The Hall–Kier alpha value is -2.36. The lowest BCUT2D eigenvalue weighted by atomic mass is 10.0. The van der Waals surface area contributed by atoms with Crippen molar-refractivity contribution in [3.63, 3.8) is 0 Å². The average Bonchev–Trinajstić information content (AvgIpc) is 2.49. The maximum atomic E-state index is 13.7. The van der Waals surface area contributed by atoms with Crippen LogP contribution in [0.25, 0.3) is 0 Å². The molecule has 1 aliphatic heterocycles. The van der Waals surface area contributed by atoms with Gasteiger partial charge >= 0.3 is 0 Å². The molecule has 2 N–H and O–H groups in total. The van der Waals surface area contributed by atoms with E-state index in [0.29, 0.717) is 5.69 Å². The molecule has 0 aromatic heterocycles. The fourth-order valence-corrected chi connectivity index (χ4v) is 2.55. The highest BCUT2D eigenvalue weighted by atomic mass is 19.1. The third-order valence-corrected chi connectivity index (χ3v) is 3.67. The van der Waals surface area contributed by atoms with Gasteiger partial charge in [-0.1, -0.05) is 17.7 Å². The second kappa shape index (κ2) is 5.56. The van der Waals surface area contributed by atoms with Gasteiger partial charge in [0.1, 0.15) is 5.82 Å². The fraction of sp³-hybridized carbons (Fsp3) is 0.235. The summed E-state index contributed by atoms with van der Waals surface area (Å²) >= 11 is 0. The standard InChI is InChI=1S/C17H17FN2O/c1-11-4-7-15(18)14(9-11)17(21)20-13-6-5-12-3-2-8-19-16(12)10-13/h4-7,9-10,19H,2-3,8H2,1H3,(H,20,21). The van der Waals surface area contributed by atoms with E-state index in [-0.39, 0.29) is 5.56 Å². The van der Waals surface area contributed by atoms with E-state index in [9.17, 15) is 9.18 Å². The zero-order valence-corrected chi connectivity index (χ0v) is 11.9. The van der Waals surface area contributed by atoms with E-state index in [4.69, 9.17) is 0 Å². The Balaban J connectivity index is 1.83. The van der Waals surface area contributed by atoms with Gasteiger partial charge in [-0.15, -0.1) is 0 Å². The fourth-order valence-electron chi connectivity index (χ4n) is 2.55. The number of halogens is 1. The number of aryl methyl sites for hydroxylation is 2. The highest BCUT2D eigenvalue weighted by molar-refractivity contribution is 6.04. The second-order valence-corrected chi connectivity index (χ2v) is 5.34. The van der Waals surface area contributed by atoms with Crippen molar-refractivity contribution in [3.05, 3.63) is 58.9 Å². The summed E-state index contributed by atoms with van der Waals surface area (Å²) in [5.41, 5.74) is 3.90. The Kier molecular flexibility index (Phi) is 3.60. The first kappa shape index (κ1) is 13.6.